The highest BCUT2D eigenvalue weighted by Gasteiger charge is 2.71. The topological polar surface area (TPSA) is 118 Å². The summed E-state index contributed by atoms with van der Waals surface area (Å²) in [5.41, 5.74) is 0. The van der Waals surface area contributed by atoms with E-state index >= 15 is 0 Å². The molecule has 0 aromatic rings. The zero-order valence-electron chi connectivity index (χ0n) is 10.7. The quantitative estimate of drug-likeness (QED) is 0.236. The Bertz CT molecular complexity index is 582. The van der Waals surface area contributed by atoms with E-state index < -0.39 is 69.0 Å². The first-order chi connectivity index (χ1) is 10.2. The van der Waals surface area contributed by atoms with Gasteiger partial charge in [-0.05, 0) is 0 Å². The van der Waals surface area contributed by atoms with Crippen molar-refractivity contribution in [3.63, 3.8) is 0 Å². The number of hydrogen-bond donors (Lipinski definition) is 1. The van der Waals surface area contributed by atoms with Crippen molar-refractivity contribution in [2.24, 2.45) is 5.92 Å². The number of halogens is 2. The number of carbonyl (C=O) groups is 1. The number of ether oxygens (including phenoxy) is 2. The maximum absolute atomic E-state index is 13.4. The second-order valence-corrected chi connectivity index (χ2v) is 7.59. The predicted octanol–water partition coefficient (Wildman–Crippen LogP) is 0.0747. The summed E-state index contributed by atoms with van der Waals surface area (Å²) in [6.07, 6.45) is -4.11. The van der Waals surface area contributed by atoms with Crippen molar-refractivity contribution in [3.8, 4) is 0 Å². The molecule has 3 aliphatic heterocycles. The van der Waals surface area contributed by atoms with Crippen LogP contribution in [0.25, 0.3) is 0 Å². The second-order valence-electron chi connectivity index (χ2n) is 5.06. The number of hydrogen-bond acceptors (Lipinski definition) is 10. The Hall–Kier alpha value is -0.570. The number of fused-ring (bicyclic) bond motifs is 1. The predicted molar refractivity (Wildman–Crippen MR) is 62.6 cm³/mol. The Labute approximate surface area is 127 Å². The van der Waals surface area contributed by atoms with E-state index in [2.05, 4.69) is 14.1 Å². The lowest BCUT2D eigenvalue weighted by molar-refractivity contribution is -0.433. The Morgan fingerprint density at radius 1 is 1.32 bits per heavy atom. The van der Waals surface area contributed by atoms with Crippen LogP contribution < -0.4 is 0 Å². The molecule has 3 aliphatic rings. The van der Waals surface area contributed by atoms with Crippen LogP contribution in [-0.2, 0) is 37.9 Å². The summed E-state index contributed by atoms with van der Waals surface area (Å²) >= 11 is -0.770. The fourth-order valence-electron chi connectivity index (χ4n) is 3.06. The monoisotopic (exact) mass is 364 g/mol. The first-order valence-electron chi connectivity index (χ1n) is 6.01. The minimum absolute atomic E-state index is 0.565. The summed E-state index contributed by atoms with van der Waals surface area (Å²) in [5, 5.41) is 5.75. The Morgan fingerprint density at radius 2 is 2.00 bits per heavy atom. The van der Waals surface area contributed by atoms with Gasteiger partial charge in [0, 0.05) is 5.92 Å². The molecular weight excluding hydrogens is 354 g/mol. The van der Waals surface area contributed by atoms with Gasteiger partial charge in [0.2, 0.25) is 0 Å². The van der Waals surface area contributed by atoms with E-state index in [1.807, 2.05) is 0 Å². The number of alkyl halides is 2. The van der Waals surface area contributed by atoms with Crippen LogP contribution in [0.4, 0.5) is 8.78 Å². The molecular formula is C9H10F2O9S2. The standard InChI is InChI=1S/C9H10F2O9S2/c1-2-3-4(17-8(12)9(10,11)21-20-19-13)5-6(16-3)7(2)22(14,15)18-5/h2-7,13H,1H3. The highest BCUT2D eigenvalue weighted by Crippen LogP contribution is 2.51. The second kappa shape index (κ2) is 5.22. The lowest BCUT2D eigenvalue weighted by Gasteiger charge is -2.26. The maximum Gasteiger partial charge on any atom is 0.415 e. The van der Waals surface area contributed by atoms with E-state index in [0.29, 0.717) is 0 Å². The molecule has 0 amide bonds. The number of esters is 1. The third-order valence-corrected chi connectivity index (χ3v) is 6.23. The molecule has 0 aromatic carbocycles. The largest absolute Gasteiger partial charge is 0.451 e. The fraction of sp³-hybridized carbons (Fsp3) is 0.889. The molecule has 0 saturated carbocycles. The van der Waals surface area contributed by atoms with Crippen LogP contribution >= 0.6 is 12.0 Å². The van der Waals surface area contributed by atoms with Crippen LogP contribution in [0.3, 0.4) is 0 Å². The molecule has 22 heavy (non-hydrogen) atoms. The van der Waals surface area contributed by atoms with Gasteiger partial charge in [-0.15, -0.1) is 4.33 Å². The third kappa shape index (κ3) is 2.31. The van der Waals surface area contributed by atoms with Crippen LogP contribution in [0.15, 0.2) is 0 Å². The van der Waals surface area contributed by atoms with Crippen molar-refractivity contribution in [2.75, 3.05) is 0 Å². The van der Waals surface area contributed by atoms with Gasteiger partial charge in [0.05, 0.1) is 0 Å². The van der Waals surface area contributed by atoms with Crippen LogP contribution in [0.5, 0.6) is 0 Å². The molecule has 2 bridgehead atoms. The molecule has 3 saturated heterocycles. The van der Waals surface area contributed by atoms with Crippen molar-refractivity contribution < 1.29 is 50.3 Å². The van der Waals surface area contributed by atoms with Gasteiger partial charge in [0.25, 0.3) is 10.1 Å². The summed E-state index contributed by atoms with van der Waals surface area (Å²) in [5.74, 6) is -2.56. The molecule has 0 aromatic heterocycles. The Kier molecular flexibility index (Phi) is 3.87. The van der Waals surface area contributed by atoms with Crippen LogP contribution in [0.1, 0.15) is 6.92 Å². The van der Waals surface area contributed by atoms with Crippen molar-refractivity contribution in [1.29, 1.82) is 0 Å². The lowest BCUT2D eigenvalue weighted by Crippen LogP contribution is -2.47. The van der Waals surface area contributed by atoms with E-state index in [9.17, 15) is 22.0 Å². The zero-order chi connectivity index (χ0) is 16.3. The summed E-state index contributed by atoms with van der Waals surface area (Å²) in [6, 6.07) is 0. The normalized spacial score (nSPS) is 41.8. The van der Waals surface area contributed by atoms with Gasteiger partial charge in [-0.3, -0.25) is 4.18 Å². The average Bonchev–Trinajstić information content (AvgIpc) is 2.99. The van der Waals surface area contributed by atoms with Gasteiger partial charge in [-0.25, -0.2) is 10.1 Å². The van der Waals surface area contributed by atoms with Gasteiger partial charge < -0.3 is 9.47 Å². The first kappa shape index (κ1) is 16.3. The van der Waals surface area contributed by atoms with Crippen molar-refractivity contribution in [2.45, 2.75) is 41.8 Å². The van der Waals surface area contributed by atoms with E-state index in [1.165, 1.54) is 0 Å². The molecule has 1 N–H and O–H groups in total. The SMILES string of the molecule is CC1C2OC3C(OS(=O)(=O)C13)C2OC(=O)C(F)(F)SOOO. The van der Waals surface area contributed by atoms with Crippen molar-refractivity contribution >= 4 is 28.1 Å². The van der Waals surface area contributed by atoms with Crippen molar-refractivity contribution in [1.82, 2.24) is 0 Å². The molecule has 126 valence electrons. The number of rotatable bonds is 5. The Morgan fingerprint density at radius 3 is 2.64 bits per heavy atom. The number of carbonyl (C=O) groups excluding carboxylic acids is 1. The molecule has 13 heteroatoms. The molecule has 3 rings (SSSR count). The van der Waals surface area contributed by atoms with Gasteiger partial charge in [0.15, 0.2) is 6.10 Å². The van der Waals surface area contributed by atoms with Gasteiger partial charge in [-0.2, -0.15) is 17.2 Å². The lowest BCUT2D eigenvalue weighted by atomic mass is 9.86. The first-order valence-corrected chi connectivity index (χ1v) is 8.23. The summed E-state index contributed by atoms with van der Waals surface area (Å²) in [6.45, 7) is 1.55. The third-order valence-electron chi connectivity index (χ3n) is 3.87. The van der Waals surface area contributed by atoms with Gasteiger partial charge >= 0.3 is 11.2 Å². The van der Waals surface area contributed by atoms with E-state index in [0.717, 1.165) is 0 Å². The molecule has 3 heterocycles. The summed E-state index contributed by atoms with van der Waals surface area (Å²) in [4.78, 5) is 11.5. The molecule has 9 nitrogen and oxygen atoms in total. The average molecular weight is 364 g/mol. The summed E-state index contributed by atoms with van der Waals surface area (Å²) < 4.78 is 68.7. The molecule has 3 fully saturated rings. The highest BCUT2D eigenvalue weighted by molar-refractivity contribution is 7.96. The molecule has 0 spiro atoms. The molecule has 0 aliphatic carbocycles. The van der Waals surface area contributed by atoms with E-state index in [-0.39, 0.29) is 0 Å². The summed E-state index contributed by atoms with van der Waals surface area (Å²) in [7, 11) is -3.89. The smallest absolute Gasteiger partial charge is 0.415 e. The van der Waals surface area contributed by atoms with E-state index in [4.69, 9.17) is 14.2 Å². The van der Waals surface area contributed by atoms with E-state index in [1.54, 1.807) is 6.92 Å². The van der Waals surface area contributed by atoms with Crippen molar-refractivity contribution in [3.05, 3.63) is 0 Å². The maximum atomic E-state index is 13.4. The minimum atomic E-state index is -4.18. The Balaban J connectivity index is 1.74. The molecule has 0 radical (unpaired) electrons. The molecule has 6 atom stereocenters. The zero-order valence-corrected chi connectivity index (χ0v) is 12.4. The van der Waals surface area contributed by atoms with Gasteiger partial charge in [-0.1, -0.05) is 12.0 Å². The van der Waals surface area contributed by atoms with Crippen LogP contribution in [0, 0.1) is 5.92 Å². The highest BCUT2D eigenvalue weighted by atomic mass is 32.2. The van der Waals surface area contributed by atoms with Gasteiger partial charge in [0.1, 0.15) is 35.6 Å². The fourth-order valence-corrected chi connectivity index (χ4v) is 5.18. The minimum Gasteiger partial charge on any atom is -0.451 e. The van der Waals surface area contributed by atoms with Crippen LogP contribution in [0.2, 0.25) is 0 Å². The van der Waals surface area contributed by atoms with Crippen LogP contribution in [-0.4, -0.2) is 54.6 Å². The molecule has 6 unspecified atom stereocenters.